The molecule has 0 radical (unpaired) electrons. The zero-order valence-corrected chi connectivity index (χ0v) is 17.3. The Kier molecular flexibility index (Phi) is 24.4. The Hall–Kier alpha value is 0.540. The Labute approximate surface area is 155 Å². The summed E-state index contributed by atoms with van der Waals surface area (Å²) in [5.41, 5.74) is 0. The van der Waals surface area contributed by atoms with Crippen molar-refractivity contribution in [3.05, 3.63) is 0 Å². The van der Waals surface area contributed by atoms with Crippen molar-refractivity contribution in [2.45, 2.75) is 96.8 Å². The minimum atomic E-state index is 0. The Morgan fingerprint density at radius 3 is 1.05 bits per heavy atom. The molecule has 0 spiro atoms. The SMILES string of the molecule is CCCCCCCCCCCCCCCC[N+](C)(C)C.[Cl-].[Cl-].[H+]. The molecule has 0 aromatic rings. The smallest absolute Gasteiger partial charge is 1.00 e. The molecule has 0 amide bonds. The highest BCUT2D eigenvalue weighted by atomic mass is 35.5. The van der Waals surface area contributed by atoms with Gasteiger partial charge in [-0.25, -0.2) is 0 Å². The molecular weight excluding hydrogens is 313 g/mol. The van der Waals surface area contributed by atoms with Crippen LogP contribution in [-0.2, 0) is 0 Å². The summed E-state index contributed by atoms with van der Waals surface area (Å²) in [5, 5.41) is 0. The fraction of sp³-hybridized carbons (Fsp3) is 1.00. The van der Waals surface area contributed by atoms with Crippen LogP contribution >= 0.6 is 0 Å². The first-order valence-corrected chi connectivity index (χ1v) is 9.36. The molecule has 0 unspecified atom stereocenters. The summed E-state index contributed by atoms with van der Waals surface area (Å²) in [4.78, 5) is 0. The summed E-state index contributed by atoms with van der Waals surface area (Å²) in [7, 11) is 6.88. The molecule has 22 heavy (non-hydrogen) atoms. The minimum Gasteiger partial charge on any atom is -1.00 e. The molecule has 0 atom stereocenters. The lowest BCUT2D eigenvalue weighted by Crippen LogP contribution is -3.00. The molecule has 0 aromatic carbocycles. The predicted octanol–water partition coefficient (Wildman–Crippen LogP) is 0.294. The van der Waals surface area contributed by atoms with Gasteiger partial charge in [0.25, 0.3) is 0 Å². The summed E-state index contributed by atoms with van der Waals surface area (Å²) >= 11 is 0. The molecule has 0 heterocycles. The zero-order valence-electron chi connectivity index (χ0n) is 16.8. The maximum Gasteiger partial charge on any atom is 1.00 e. The lowest BCUT2D eigenvalue weighted by molar-refractivity contribution is -0.870. The van der Waals surface area contributed by atoms with Gasteiger partial charge in [0.05, 0.1) is 27.7 Å². The van der Waals surface area contributed by atoms with Crippen LogP contribution in [0, 0.1) is 0 Å². The van der Waals surface area contributed by atoms with Crippen LogP contribution in [-0.4, -0.2) is 32.2 Å². The van der Waals surface area contributed by atoms with Crippen LogP contribution in [0.3, 0.4) is 0 Å². The van der Waals surface area contributed by atoms with Crippen molar-refractivity contribution >= 4 is 0 Å². The first-order chi connectivity index (χ1) is 9.56. The van der Waals surface area contributed by atoms with Crippen LogP contribution in [0.5, 0.6) is 0 Å². The number of unbranched alkanes of at least 4 members (excludes halogenated alkanes) is 13. The van der Waals surface area contributed by atoms with E-state index in [2.05, 4.69) is 28.1 Å². The second-order valence-electron chi connectivity index (χ2n) is 7.61. The Balaban J connectivity index is -0.000000602. The van der Waals surface area contributed by atoms with Gasteiger partial charge in [0, 0.05) is 0 Å². The quantitative estimate of drug-likeness (QED) is 0.292. The fourth-order valence-electron chi connectivity index (χ4n) is 2.78. The molecule has 0 fully saturated rings. The Bertz CT molecular complexity index is 196. The van der Waals surface area contributed by atoms with Gasteiger partial charge in [0.15, 0.2) is 0 Å². The van der Waals surface area contributed by atoms with Crippen molar-refractivity contribution in [3.8, 4) is 0 Å². The first kappa shape index (κ1) is 27.4. The number of quaternary nitrogens is 1. The van der Waals surface area contributed by atoms with Crippen LogP contribution in [0.2, 0.25) is 0 Å². The molecule has 0 aromatic heterocycles. The summed E-state index contributed by atoms with van der Waals surface area (Å²) in [6, 6.07) is 0. The molecule has 0 aliphatic rings. The summed E-state index contributed by atoms with van der Waals surface area (Å²) in [5.74, 6) is 0. The van der Waals surface area contributed by atoms with E-state index in [0.717, 1.165) is 4.48 Å². The van der Waals surface area contributed by atoms with Crippen LogP contribution in [0.15, 0.2) is 0 Å². The second-order valence-corrected chi connectivity index (χ2v) is 7.61. The van der Waals surface area contributed by atoms with Crippen LogP contribution in [0.1, 0.15) is 98.2 Å². The van der Waals surface area contributed by atoms with Gasteiger partial charge in [-0.05, 0) is 12.8 Å². The largest absolute Gasteiger partial charge is 1.00 e. The third kappa shape index (κ3) is 25.5. The highest BCUT2D eigenvalue weighted by Gasteiger charge is 2.04. The van der Waals surface area contributed by atoms with E-state index in [-0.39, 0.29) is 26.2 Å². The van der Waals surface area contributed by atoms with Gasteiger partial charge >= 0.3 is 1.43 Å². The van der Waals surface area contributed by atoms with Gasteiger partial charge in [-0.2, -0.15) is 0 Å². The Morgan fingerprint density at radius 1 is 0.500 bits per heavy atom. The van der Waals surface area contributed by atoms with Gasteiger partial charge in [-0.1, -0.05) is 84.0 Å². The van der Waals surface area contributed by atoms with Crippen molar-refractivity contribution in [1.82, 2.24) is 0 Å². The van der Waals surface area contributed by atoms with Crippen molar-refractivity contribution in [2.75, 3.05) is 27.7 Å². The molecular formula is C19H43Cl2N. The normalized spacial score (nSPS) is 10.9. The van der Waals surface area contributed by atoms with Crippen LogP contribution in [0.25, 0.3) is 0 Å². The number of hydrogen-bond acceptors (Lipinski definition) is 0. The van der Waals surface area contributed by atoms with Gasteiger partial charge in [-0.3, -0.25) is 0 Å². The average Bonchev–Trinajstić information content (AvgIpc) is 2.38. The van der Waals surface area contributed by atoms with Gasteiger partial charge in [0.1, 0.15) is 0 Å². The van der Waals surface area contributed by atoms with E-state index in [4.69, 9.17) is 0 Å². The van der Waals surface area contributed by atoms with Gasteiger partial charge in [-0.15, -0.1) is 0 Å². The minimum absolute atomic E-state index is 0. The standard InChI is InChI=1S/C19H42N.2ClH/c1-5-6-7-8-9-10-11-12-13-14-15-16-17-18-19-20(2,3)4;;/h5-19H2,1-4H3;2*1H/q+1;;/p-1. The maximum atomic E-state index is 2.29. The third-order valence-corrected chi connectivity index (χ3v) is 4.18. The summed E-state index contributed by atoms with van der Waals surface area (Å²) < 4.78 is 1.12. The topological polar surface area (TPSA) is 0 Å². The maximum absolute atomic E-state index is 2.29. The molecule has 0 aliphatic carbocycles. The Morgan fingerprint density at radius 2 is 0.773 bits per heavy atom. The van der Waals surface area contributed by atoms with E-state index in [0.29, 0.717) is 0 Å². The van der Waals surface area contributed by atoms with E-state index in [1.54, 1.807) is 0 Å². The molecule has 0 bridgehead atoms. The number of hydrogen-bond donors (Lipinski definition) is 0. The third-order valence-electron chi connectivity index (χ3n) is 4.18. The van der Waals surface area contributed by atoms with Crippen LogP contribution < -0.4 is 24.8 Å². The zero-order chi connectivity index (χ0) is 15.1. The monoisotopic (exact) mass is 355 g/mol. The molecule has 1 nitrogen and oxygen atoms in total. The lowest BCUT2D eigenvalue weighted by atomic mass is 10.0. The van der Waals surface area contributed by atoms with Gasteiger partial charge in [0.2, 0.25) is 0 Å². The lowest BCUT2D eigenvalue weighted by Gasteiger charge is -2.23. The summed E-state index contributed by atoms with van der Waals surface area (Å²) in [6.07, 6.45) is 20.4. The van der Waals surface area contributed by atoms with Crippen molar-refractivity contribution in [3.63, 3.8) is 0 Å². The number of halogens is 2. The van der Waals surface area contributed by atoms with Crippen molar-refractivity contribution in [1.29, 1.82) is 0 Å². The summed E-state index contributed by atoms with van der Waals surface area (Å²) in [6.45, 7) is 3.63. The molecule has 0 rings (SSSR count). The second kappa shape index (κ2) is 19.6. The molecule has 0 N–H and O–H groups in total. The molecule has 138 valence electrons. The molecule has 0 saturated heterocycles. The highest BCUT2D eigenvalue weighted by Crippen LogP contribution is 2.13. The van der Waals surface area contributed by atoms with E-state index in [1.165, 1.54) is 96.4 Å². The van der Waals surface area contributed by atoms with Crippen LogP contribution in [0.4, 0.5) is 0 Å². The predicted molar refractivity (Wildman–Crippen MR) is 94.3 cm³/mol. The number of nitrogens with zero attached hydrogens (tertiary/aromatic N) is 1. The van der Waals surface area contributed by atoms with Crippen molar-refractivity contribution in [2.24, 2.45) is 0 Å². The van der Waals surface area contributed by atoms with Gasteiger partial charge < -0.3 is 29.3 Å². The molecule has 3 heteroatoms. The molecule has 0 aliphatic heterocycles. The average molecular weight is 356 g/mol. The van der Waals surface area contributed by atoms with Crippen molar-refractivity contribution < 1.29 is 30.7 Å². The fourth-order valence-corrected chi connectivity index (χ4v) is 2.78. The first-order valence-electron chi connectivity index (χ1n) is 9.36. The van der Waals surface area contributed by atoms with E-state index in [1.807, 2.05) is 0 Å². The highest BCUT2D eigenvalue weighted by molar-refractivity contribution is 4.49. The van der Waals surface area contributed by atoms with E-state index in [9.17, 15) is 0 Å². The van der Waals surface area contributed by atoms with E-state index >= 15 is 0 Å². The number of rotatable bonds is 15. The van der Waals surface area contributed by atoms with E-state index < -0.39 is 0 Å². The molecule has 0 saturated carbocycles.